The van der Waals surface area contributed by atoms with Crippen molar-refractivity contribution in [2.45, 2.75) is 33.2 Å². The fourth-order valence-corrected chi connectivity index (χ4v) is 1.82. The maximum atomic E-state index is 3.45. The van der Waals surface area contributed by atoms with Crippen molar-refractivity contribution in [3.8, 4) is 0 Å². The van der Waals surface area contributed by atoms with Gasteiger partial charge in [0.05, 0.1) is 0 Å². The quantitative estimate of drug-likeness (QED) is 0.759. The molecule has 0 atom stereocenters. The van der Waals surface area contributed by atoms with E-state index in [0.717, 1.165) is 13.1 Å². The molecule has 0 spiro atoms. The molecule has 1 N–H and O–H groups in total. The molecule has 1 aromatic carbocycles. The Hall–Kier alpha value is -1.02. The molecule has 16 heavy (non-hydrogen) atoms. The lowest BCUT2D eigenvalue weighted by Gasteiger charge is -2.26. The second-order valence-electron chi connectivity index (χ2n) is 4.42. The molecule has 0 heterocycles. The van der Waals surface area contributed by atoms with Gasteiger partial charge in [0, 0.05) is 24.8 Å². The molecule has 1 rings (SSSR count). The van der Waals surface area contributed by atoms with E-state index in [4.69, 9.17) is 0 Å². The Kier molecular flexibility index (Phi) is 5.94. The first-order valence-electron chi connectivity index (χ1n) is 6.27. The highest BCUT2D eigenvalue weighted by Gasteiger charge is 2.06. The van der Waals surface area contributed by atoms with Crippen molar-refractivity contribution in [2.24, 2.45) is 0 Å². The van der Waals surface area contributed by atoms with Crippen LogP contribution in [0.1, 0.15) is 27.2 Å². The second kappa shape index (κ2) is 7.29. The fraction of sp³-hybridized carbons (Fsp3) is 0.571. The highest BCUT2D eigenvalue weighted by atomic mass is 15.2. The zero-order chi connectivity index (χ0) is 11.8. The fourth-order valence-electron chi connectivity index (χ4n) is 1.82. The summed E-state index contributed by atoms with van der Waals surface area (Å²) in [7, 11) is 0. The predicted molar refractivity (Wildman–Crippen MR) is 71.9 cm³/mol. The smallest absolute Gasteiger partial charge is 0.0340 e. The lowest BCUT2D eigenvalue weighted by molar-refractivity contribution is 0.231. The molecule has 0 unspecified atom stereocenters. The van der Waals surface area contributed by atoms with Crippen molar-refractivity contribution in [3.63, 3.8) is 0 Å². The number of rotatable bonds is 7. The van der Waals surface area contributed by atoms with E-state index in [9.17, 15) is 0 Å². The van der Waals surface area contributed by atoms with Crippen molar-refractivity contribution < 1.29 is 0 Å². The van der Waals surface area contributed by atoms with Gasteiger partial charge in [0.2, 0.25) is 0 Å². The van der Waals surface area contributed by atoms with E-state index >= 15 is 0 Å². The van der Waals surface area contributed by atoms with Gasteiger partial charge in [0.1, 0.15) is 0 Å². The Morgan fingerprint density at radius 2 is 1.81 bits per heavy atom. The molecule has 0 bridgehead atoms. The summed E-state index contributed by atoms with van der Waals surface area (Å²) in [6, 6.07) is 11.0. The average Bonchev–Trinajstić information content (AvgIpc) is 2.29. The van der Waals surface area contributed by atoms with Gasteiger partial charge in [-0.3, -0.25) is 4.90 Å². The van der Waals surface area contributed by atoms with E-state index in [1.807, 2.05) is 6.07 Å². The number of hydrogen-bond acceptors (Lipinski definition) is 2. The summed E-state index contributed by atoms with van der Waals surface area (Å²) in [5.41, 5.74) is 1.21. The average molecular weight is 220 g/mol. The van der Waals surface area contributed by atoms with Crippen molar-refractivity contribution in [1.29, 1.82) is 0 Å². The molecule has 0 amide bonds. The Morgan fingerprint density at radius 1 is 1.12 bits per heavy atom. The third-order valence-corrected chi connectivity index (χ3v) is 2.74. The van der Waals surface area contributed by atoms with E-state index in [1.165, 1.54) is 18.7 Å². The van der Waals surface area contributed by atoms with Crippen molar-refractivity contribution >= 4 is 5.69 Å². The maximum absolute atomic E-state index is 3.45. The largest absolute Gasteiger partial charge is 0.384 e. The lowest BCUT2D eigenvalue weighted by atomic mass is 10.3. The third kappa shape index (κ3) is 4.67. The number of para-hydroxylation sites is 1. The van der Waals surface area contributed by atoms with Crippen molar-refractivity contribution in [2.75, 3.05) is 25.0 Å². The van der Waals surface area contributed by atoms with Crippen LogP contribution in [0.15, 0.2) is 30.3 Å². The van der Waals surface area contributed by atoms with Crippen LogP contribution in [0.4, 0.5) is 5.69 Å². The molecule has 0 aliphatic heterocycles. The van der Waals surface area contributed by atoms with Crippen LogP contribution in [0.3, 0.4) is 0 Å². The van der Waals surface area contributed by atoms with Gasteiger partial charge in [-0.25, -0.2) is 0 Å². The minimum atomic E-state index is 0.637. The minimum Gasteiger partial charge on any atom is -0.384 e. The normalized spacial score (nSPS) is 11.1. The molecule has 0 aliphatic rings. The molecular weight excluding hydrogens is 196 g/mol. The number of hydrogen-bond donors (Lipinski definition) is 1. The van der Waals surface area contributed by atoms with Gasteiger partial charge in [0.15, 0.2) is 0 Å². The highest BCUT2D eigenvalue weighted by Crippen LogP contribution is 2.05. The molecule has 0 aromatic heterocycles. The Morgan fingerprint density at radius 3 is 2.38 bits per heavy atom. The van der Waals surface area contributed by atoms with Crippen LogP contribution in [-0.2, 0) is 0 Å². The van der Waals surface area contributed by atoms with Gasteiger partial charge in [-0.1, -0.05) is 25.1 Å². The van der Waals surface area contributed by atoms with E-state index in [1.54, 1.807) is 0 Å². The van der Waals surface area contributed by atoms with Gasteiger partial charge < -0.3 is 5.32 Å². The predicted octanol–water partition coefficient (Wildman–Crippen LogP) is 3.22. The van der Waals surface area contributed by atoms with E-state index < -0.39 is 0 Å². The van der Waals surface area contributed by atoms with Gasteiger partial charge in [-0.05, 0) is 38.9 Å². The van der Waals surface area contributed by atoms with E-state index in [0.29, 0.717) is 6.04 Å². The first-order valence-corrected chi connectivity index (χ1v) is 6.27. The molecule has 2 heteroatoms. The molecule has 0 radical (unpaired) electrons. The lowest BCUT2D eigenvalue weighted by Crippen LogP contribution is -2.35. The first kappa shape index (κ1) is 13.0. The molecule has 0 aliphatic carbocycles. The molecule has 1 aromatic rings. The van der Waals surface area contributed by atoms with Crippen LogP contribution >= 0.6 is 0 Å². The van der Waals surface area contributed by atoms with Gasteiger partial charge in [-0.15, -0.1) is 0 Å². The first-order chi connectivity index (χ1) is 7.74. The standard InChI is InChI=1S/C14H24N2/c1-4-11-16(13(2)3)12-10-15-14-8-6-5-7-9-14/h5-9,13,15H,4,10-12H2,1-3H3. The molecular formula is C14H24N2. The zero-order valence-electron chi connectivity index (χ0n) is 10.7. The Balaban J connectivity index is 2.28. The Labute approximate surface area is 99.7 Å². The summed E-state index contributed by atoms with van der Waals surface area (Å²) in [5, 5.41) is 3.45. The molecule has 0 saturated heterocycles. The monoisotopic (exact) mass is 220 g/mol. The molecule has 0 saturated carbocycles. The van der Waals surface area contributed by atoms with Crippen LogP contribution in [0.2, 0.25) is 0 Å². The molecule has 90 valence electrons. The SMILES string of the molecule is CCCN(CCNc1ccccc1)C(C)C. The number of nitrogens with zero attached hydrogens (tertiary/aromatic N) is 1. The van der Waals surface area contributed by atoms with Gasteiger partial charge in [0.25, 0.3) is 0 Å². The molecule has 0 fully saturated rings. The number of nitrogens with one attached hydrogen (secondary N) is 1. The summed E-state index contributed by atoms with van der Waals surface area (Å²) in [6.07, 6.45) is 1.23. The zero-order valence-corrected chi connectivity index (χ0v) is 10.7. The van der Waals surface area contributed by atoms with Crippen LogP contribution < -0.4 is 5.32 Å². The minimum absolute atomic E-state index is 0.637. The maximum Gasteiger partial charge on any atom is 0.0340 e. The van der Waals surface area contributed by atoms with E-state index in [-0.39, 0.29) is 0 Å². The van der Waals surface area contributed by atoms with Crippen LogP contribution in [0, 0.1) is 0 Å². The van der Waals surface area contributed by atoms with Crippen molar-refractivity contribution in [3.05, 3.63) is 30.3 Å². The number of anilines is 1. The summed E-state index contributed by atoms with van der Waals surface area (Å²) < 4.78 is 0. The van der Waals surface area contributed by atoms with Crippen LogP contribution in [0.25, 0.3) is 0 Å². The Bertz CT molecular complexity index is 269. The highest BCUT2D eigenvalue weighted by molar-refractivity contribution is 5.42. The summed E-state index contributed by atoms with van der Waals surface area (Å²) in [6.45, 7) is 10.1. The van der Waals surface area contributed by atoms with Crippen molar-refractivity contribution in [1.82, 2.24) is 4.90 Å². The summed E-state index contributed by atoms with van der Waals surface area (Å²) in [4.78, 5) is 2.51. The van der Waals surface area contributed by atoms with E-state index in [2.05, 4.69) is 55.3 Å². The summed E-state index contributed by atoms with van der Waals surface area (Å²) in [5.74, 6) is 0. The van der Waals surface area contributed by atoms with Crippen LogP contribution in [0.5, 0.6) is 0 Å². The summed E-state index contributed by atoms with van der Waals surface area (Å²) >= 11 is 0. The van der Waals surface area contributed by atoms with Gasteiger partial charge >= 0.3 is 0 Å². The second-order valence-corrected chi connectivity index (χ2v) is 4.42. The topological polar surface area (TPSA) is 15.3 Å². The molecule has 2 nitrogen and oxygen atoms in total. The third-order valence-electron chi connectivity index (χ3n) is 2.74. The van der Waals surface area contributed by atoms with Gasteiger partial charge in [-0.2, -0.15) is 0 Å². The van der Waals surface area contributed by atoms with Crippen LogP contribution in [-0.4, -0.2) is 30.6 Å². The number of benzene rings is 1.